The van der Waals surface area contributed by atoms with Crippen LogP contribution in [0.25, 0.3) is 0 Å². The van der Waals surface area contributed by atoms with Gasteiger partial charge in [-0.05, 0) is 53.5 Å². The van der Waals surface area contributed by atoms with Gasteiger partial charge in [0.15, 0.2) is 0 Å². The first kappa shape index (κ1) is 14.3. The number of hydrogen-bond acceptors (Lipinski definition) is 4. The first-order valence-electron chi connectivity index (χ1n) is 7.46. The average Bonchev–Trinajstić information content (AvgIpc) is 2.37. The molecule has 0 aliphatic carbocycles. The number of piperazine rings is 1. The lowest BCUT2D eigenvalue weighted by atomic mass is 10.0. The number of likely N-dealkylation sites (tertiary alicyclic amines) is 1. The summed E-state index contributed by atoms with van der Waals surface area (Å²) in [4.78, 5) is 7.56. The first-order chi connectivity index (χ1) is 8.66. The highest BCUT2D eigenvalue weighted by molar-refractivity contribution is 4.81. The monoisotopic (exact) mass is 254 g/mol. The van der Waals surface area contributed by atoms with Crippen LogP contribution in [0.3, 0.4) is 0 Å². The van der Waals surface area contributed by atoms with E-state index >= 15 is 0 Å². The molecular weight excluding hydrogens is 224 g/mol. The Bertz CT molecular complexity index is 246. The van der Waals surface area contributed by atoms with Gasteiger partial charge in [0.2, 0.25) is 0 Å². The quantitative estimate of drug-likeness (QED) is 0.779. The summed E-state index contributed by atoms with van der Waals surface area (Å²) in [6.45, 7) is 7.26. The minimum Gasteiger partial charge on any atom is -0.314 e. The van der Waals surface area contributed by atoms with Gasteiger partial charge >= 0.3 is 0 Å². The molecule has 2 unspecified atom stereocenters. The molecule has 2 heterocycles. The van der Waals surface area contributed by atoms with Crippen LogP contribution in [0.15, 0.2) is 0 Å². The van der Waals surface area contributed by atoms with E-state index in [1.54, 1.807) is 0 Å². The molecule has 2 atom stereocenters. The van der Waals surface area contributed by atoms with E-state index in [9.17, 15) is 0 Å². The van der Waals surface area contributed by atoms with Gasteiger partial charge in [0.05, 0.1) is 0 Å². The number of piperidine rings is 1. The number of nitrogens with one attached hydrogen (secondary N) is 1. The Labute approximate surface area is 112 Å². The van der Waals surface area contributed by atoms with E-state index in [2.05, 4.69) is 41.2 Å². The van der Waals surface area contributed by atoms with Crippen molar-refractivity contribution < 1.29 is 0 Å². The molecule has 2 saturated heterocycles. The molecule has 4 nitrogen and oxygen atoms in total. The Morgan fingerprint density at radius 3 is 2.83 bits per heavy atom. The molecule has 0 spiro atoms. The Morgan fingerprint density at radius 1 is 1.28 bits per heavy atom. The van der Waals surface area contributed by atoms with Crippen molar-refractivity contribution >= 4 is 0 Å². The molecule has 1 N–H and O–H groups in total. The van der Waals surface area contributed by atoms with Crippen LogP contribution in [-0.4, -0.2) is 87.2 Å². The molecule has 18 heavy (non-hydrogen) atoms. The second kappa shape index (κ2) is 6.85. The van der Waals surface area contributed by atoms with Crippen LogP contribution in [0.5, 0.6) is 0 Å². The predicted molar refractivity (Wildman–Crippen MR) is 77.1 cm³/mol. The Morgan fingerprint density at radius 2 is 2.11 bits per heavy atom. The van der Waals surface area contributed by atoms with E-state index in [-0.39, 0.29) is 0 Å². The van der Waals surface area contributed by atoms with Crippen LogP contribution in [0, 0.1) is 0 Å². The molecule has 0 aromatic carbocycles. The summed E-state index contributed by atoms with van der Waals surface area (Å²) in [5.74, 6) is 0. The molecule has 106 valence electrons. The molecule has 4 heteroatoms. The summed E-state index contributed by atoms with van der Waals surface area (Å²) in [5, 5.41) is 3.51. The Kier molecular flexibility index (Phi) is 5.42. The molecular formula is C14H30N4. The van der Waals surface area contributed by atoms with Crippen molar-refractivity contribution in [2.24, 2.45) is 0 Å². The molecule has 0 saturated carbocycles. The summed E-state index contributed by atoms with van der Waals surface area (Å²) in [7, 11) is 6.82. The van der Waals surface area contributed by atoms with Gasteiger partial charge in [-0.1, -0.05) is 0 Å². The van der Waals surface area contributed by atoms with Crippen molar-refractivity contribution in [2.75, 3.05) is 60.4 Å². The molecule has 0 amide bonds. The van der Waals surface area contributed by atoms with E-state index in [1.165, 1.54) is 45.4 Å². The maximum absolute atomic E-state index is 3.51. The van der Waals surface area contributed by atoms with Gasteiger partial charge in [-0.15, -0.1) is 0 Å². The van der Waals surface area contributed by atoms with Crippen molar-refractivity contribution in [1.82, 2.24) is 20.0 Å². The molecule has 0 radical (unpaired) electrons. The van der Waals surface area contributed by atoms with Crippen molar-refractivity contribution in [2.45, 2.75) is 31.3 Å². The van der Waals surface area contributed by atoms with Crippen LogP contribution in [0.1, 0.15) is 19.3 Å². The lowest BCUT2D eigenvalue weighted by molar-refractivity contribution is 0.115. The second-order valence-corrected chi connectivity index (χ2v) is 6.17. The number of hydrogen-bond donors (Lipinski definition) is 1. The van der Waals surface area contributed by atoms with Gasteiger partial charge in [0.25, 0.3) is 0 Å². The van der Waals surface area contributed by atoms with E-state index in [0.29, 0.717) is 0 Å². The average molecular weight is 254 g/mol. The third-order valence-corrected chi connectivity index (χ3v) is 4.68. The molecule has 2 rings (SSSR count). The summed E-state index contributed by atoms with van der Waals surface area (Å²) in [5.41, 5.74) is 0. The van der Waals surface area contributed by atoms with Crippen molar-refractivity contribution in [3.05, 3.63) is 0 Å². The highest BCUT2D eigenvalue weighted by Gasteiger charge is 2.23. The molecule has 2 aliphatic heterocycles. The highest BCUT2D eigenvalue weighted by atomic mass is 15.2. The largest absolute Gasteiger partial charge is 0.314 e. The fourth-order valence-corrected chi connectivity index (χ4v) is 3.22. The van der Waals surface area contributed by atoms with Crippen molar-refractivity contribution in [3.63, 3.8) is 0 Å². The third kappa shape index (κ3) is 3.92. The number of rotatable bonds is 4. The Balaban J connectivity index is 1.71. The van der Waals surface area contributed by atoms with Gasteiger partial charge in [0, 0.05) is 38.3 Å². The highest BCUT2D eigenvalue weighted by Crippen LogP contribution is 2.14. The van der Waals surface area contributed by atoms with Crippen molar-refractivity contribution in [3.8, 4) is 0 Å². The Hall–Kier alpha value is -0.160. The van der Waals surface area contributed by atoms with Crippen LogP contribution >= 0.6 is 0 Å². The van der Waals surface area contributed by atoms with Crippen LogP contribution in [-0.2, 0) is 0 Å². The zero-order valence-corrected chi connectivity index (χ0v) is 12.4. The summed E-state index contributed by atoms with van der Waals surface area (Å²) >= 11 is 0. The standard InChI is InChI=1S/C14H30N4/c1-16-8-4-5-14(12-16)17(2)9-6-13-11-15-7-10-18(13)3/h13-15H,4-12H2,1-3H3. The smallest absolute Gasteiger partial charge is 0.0230 e. The van der Waals surface area contributed by atoms with E-state index < -0.39 is 0 Å². The molecule has 2 fully saturated rings. The third-order valence-electron chi connectivity index (χ3n) is 4.68. The first-order valence-corrected chi connectivity index (χ1v) is 7.46. The van der Waals surface area contributed by atoms with Gasteiger partial charge in [-0.2, -0.15) is 0 Å². The molecule has 0 bridgehead atoms. The minimum absolute atomic E-state index is 0.725. The maximum Gasteiger partial charge on any atom is 0.0230 e. The minimum atomic E-state index is 0.725. The maximum atomic E-state index is 3.51. The van der Waals surface area contributed by atoms with E-state index in [1.807, 2.05) is 0 Å². The number of nitrogens with zero attached hydrogens (tertiary/aromatic N) is 3. The summed E-state index contributed by atoms with van der Waals surface area (Å²) in [6, 6.07) is 1.49. The molecule has 2 aliphatic rings. The van der Waals surface area contributed by atoms with E-state index in [4.69, 9.17) is 0 Å². The SMILES string of the molecule is CN1CCCC(N(C)CCC2CNCCN2C)C1. The molecule has 0 aromatic rings. The normalized spacial score (nSPS) is 32.0. The summed E-state index contributed by atoms with van der Waals surface area (Å²) in [6.07, 6.45) is 4.02. The fraction of sp³-hybridized carbons (Fsp3) is 1.00. The predicted octanol–water partition coefficient (Wildman–Crippen LogP) is 0.306. The van der Waals surface area contributed by atoms with Gasteiger partial charge in [-0.25, -0.2) is 0 Å². The number of likely N-dealkylation sites (N-methyl/N-ethyl adjacent to an activating group) is 3. The van der Waals surface area contributed by atoms with Crippen LogP contribution in [0.4, 0.5) is 0 Å². The van der Waals surface area contributed by atoms with Crippen LogP contribution < -0.4 is 5.32 Å². The van der Waals surface area contributed by atoms with Crippen LogP contribution in [0.2, 0.25) is 0 Å². The van der Waals surface area contributed by atoms with Gasteiger partial charge in [-0.3, -0.25) is 0 Å². The molecule has 0 aromatic heterocycles. The zero-order valence-electron chi connectivity index (χ0n) is 12.4. The second-order valence-electron chi connectivity index (χ2n) is 6.17. The van der Waals surface area contributed by atoms with Gasteiger partial charge < -0.3 is 20.0 Å². The lowest BCUT2D eigenvalue weighted by Crippen LogP contribution is -2.51. The topological polar surface area (TPSA) is 21.8 Å². The van der Waals surface area contributed by atoms with E-state index in [0.717, 1.165) is 25.2 Å². The fourth-order valence-electron chi connectivity index (χ4n) is 3.22. The zero-order chi connectivity index (χ0) is 13.0. The van der Waals surface area contributed by atoms with Gasteiger partial charge in [0.1, 0.15) is 0 Å². The van der Waals surface area contributed by atoms with Crippen molar-refractivity contribution in [1.29, 1.82) is 0 Å². The summed E-state index contributed by atoms with van der Waals surface area (Å²) < 4.78 is 0. The lowest BCUT2D eigenvalue weighted by Gasteiger charge is -2.38.